The van der Waals surface area contributed by atoms with Gasteiger partial charge in [0.1, 0.15) is 0 Å². The zero-order valence-electron chi connectivity index (χ0n) is 30.9. The van der Waals surface area contributed by atoms with E-state index in [1.165, 1.54) is 4.90 Å². The highest BCUT2D eigenvalue weighted by atomic mass is 16.3. The molecule has 0 radical (unpaired) electrons. The second-order valence-electron chi connectivity index (χ2n) is 14.6. The maximum Gasteiger partial charge on any atom is 0.264 e. The van der Waals surface area contributed by atoms with E-state index in [1.807, 2.05) is 54.6 Å². The summed E-state index contributed by atoms with van der Waals surface area (Å²) >= 11 is 0. The normalized spacial score (nSPS) is 21.8. The fourth-order valence-electron chi connectivity index (χ4n) is 7.61. The third kappa shape index (κ3) is 9.07. The van der Waals surface area contributed by atoms with Gasteiger partial charge < -0.3 is 41.3 Å². The molecule has 286 valence electrons. The lowest BCUT2D eigenvalue weighted by Crippen LogP contribution is -2.44. The van der Waals surface area contributed by atoms with Crippen LogP contribution in [0.25, 0.3) is 0 Å². The highest BCUT2D eigenvalue weighted by molar-refractivity contribution is 6.08. The van der Waals surface area contributed by atoms with E-state index in [4.69, 9.17) is 0 Å². The maximum atomic E-state index is 14.4. The molecule has 3 aliphatic rings. The first-order valence-corrected chi connectivity index (χ1v) is 19.1. The van der Waals surface area contributed by atoms with Crippen LogP contribution in [0.15, 0.2) is 84.9 Å². The number of nitrogens with zero attached hydrogens (tertiary/aromatic N) is 2. The van der Waals surface area contributed by atoms with Crippen molar-refractivity contribution in [3.05, 3.63) is 102 Å². The predicted molar refractivity (Wildman–Crippen MR) is 208 cm³/mol. The van der Waals surface area contributed by atoms with E-state index in [1.54, 1.807) is 42.2 Å². The van der Waals surface area contributed by atoms with Gasteiger partial charge in [0.25, 0.3) is 5.91 Å². The number of nitrogens with one attached hydrogen (secondary N) is 4. The molecule has 2 fully saturated rings. The third-order valence-corrected chi connectivity index (χ3v) is 10.7. The number of fused-ring (bicyclic) bond motifs is 1. The van der Waals surface area contributed by atoms with E-state index < -0.39 is 17.4 Å². The van der Waals surface area contributed by atoms with E-state index in [-0.39, 0.29) is 55.7 Å². The second kappa shape index (κ2) is 18.0. The number of piperidine rings is 2. The summed E-state index contributed by atoms with van der Waals surface area (Å²) in [5.74, 6) is -1.95. The summed E-state index contributed by atoms with van der Waals surface area (Å²) in [6, 6.07) is 22.1. The Kier molecular flexibility index (Phi) is 12.9. The zero-order chi connectivity index (χ0) is 38.1. The lowest BCUT2D eigenvalue weighted by Gasteiger charge is -2.28. The smallest absolute Gasteiger partial charge is 0.264 e. The van der Waals surface area contributed by atoms with Crippen molar-refractivity contribution < 1.29 is 29.4 Å². The number of anilines is 3. The molecule has 6 rings (SSSR count). The van der Waals surface area contributed by atoms with Crippen LogP contribution in [0.2, 0.25) is 0 Å². The Labute approximate surface area is 317 Å². The number of aliphatic hydroxyl groups is 2. The van der Waals surface area contributed by atoms with E-state index >= 15 is 0 Å². The number of rotatable bonds is 14. The SMILES string of the molecule is C[C@@H](/C=C/CC(=O)N(CCO)Cc1ccccc1)[C@]1(O)C(=O)N(Cc2cccc(NC(=O)C3CCCNC3)c2)c2ccc(NC(=O)C3CCCNC3)cc21. The first-order chi connectivity index (χ1) is 26.2. The Morgan fingerprint density at radius 3 is 2.19 bits per heavy atom. The largest absolute Gasteiger partial charge is 0.395 e. The number of hydrogen-bond donors (Lipinski definition) is 6. The average molecular weight is 737 g/mol. The van der Waals surface area contributed by atoms with Gasteiger partial charge in [-0.1, -0.05) is 61.5 Å². The van der Waals surface area contributed by atoms with Crippen molar-refractivity contribution in [2.45, 2.75) is 57.7 Å². The van der Waals surface area contributed by atoms with Gasteiger partial charge >= 0.3 is 0 Å². The van der Waals surface area contributed by atoms with Crippen LogP contribution in [0.4, 0.5) is 17.1 Å². The number of benzene rings is 3. The summed E-state index contributed by atoms with van der Waals surface area (Å²) < 4.78 is 0. The Hall–Kier alpha value is -4.88. The summed E-state index contributed by atoms with van der Waals surface area (Å²) in [6.45, 7) is 5.23. The molecule has 0 spiro atoms. The lowest BCUT2D eigenvalue weighted by molar-refractivity contribution is -0.139. The van der Waals surface area contributed by atoms with Gasteiger partial charge in [-0.05, 0) is 80.2 Å². The molecule has 2 saturated heterocycles. The van der Waals surface area contributed by atoms with Crippen LogP contribution in [0.1, 0.15) is 55.7 Å². The van der Waals surface area contributed by atoms with Gasteiger partial charge in [-0.2, -0.15) is 0 Å². The minimum Gasteiger partial charge on any atom is -0.395 e. The molecule has 0 bridgehead atoms. The minimum atomic E-state index is -2.00. The van der Waals surface area contributed by atoms with Crippen molar-refractivity contribution >= 4 is 40.7 Å². The van der Waals surface area contributed by atoms with Gasteiger partial charge in [-0.3, -0.25) is 19.2 Å². The fourth-order valence-corrected chi connectivity index (χ4v) is 7.61. The standard InChI is InChI=1S/C42H52N6O6/c1-29(9-5-16-38(50)47(21-22-49)27-30-10-3-2-4-11-30)42(54)36-24-35(46-40(52)33-14-8-20-44-26-33)17-18-37(36)48(41(42)53)28-31-12-6-15-34(23-31)45-39(51)32-13-7-19-43-25-32/h2-6,9-12,15,17-18,23-24,29,32-33,43-44,49,54H,7-8,13-14,16,19-22,25-28H2,1H3,(H,45,51)(H,46,52)/b9-5+/t29-,32?,33?,42+/m0/s1. The maximum absolute atomic E-state index is 14.4. The summed E-state index contributed by atoms with van der Waals surface area (Å²) in [6.07, 6.45) is 6.80. The van der Waals surface area contributed by atoms with Crippen molar-refractivity contribution in [1.82, 2.24) is 15.5 Å². The molecule has 4 amide bonds. The molecule has 3 aliphatic heterocycles. The molecular formula is C42H52N6O6. The Morgan fingerprint density at radius 1 is 0.907 bits per heavy atom. The zero-order valence-corrected chi connectivity index (χ0v) is 30.9. The Bertz CT molecular complexity index is 1820. The molecule has 54 heavy (non-hydrogen) atoms. The number of amides is 4. The summed E-state index contributed by atoms with van der Waals surface area (Å²) in [7, 11) is 0. The molecule has 0 aliphatic carbocycles. The topological polar surface area (TPSA) is 163 Å². The predicted octanol–water partition coefficient (Wildman–Crippen LogP) is 3.90. The first-order valence-electron chi connectivity index (χ1n) is 19.1. The minimum absolute atomic E-state index is 0.0129. The highest BCUT2D eigenvalue weighted by Gasteiger charge is 2.52. The van der Waals surface area contributed by atoms with E-state index in [9.17, 15) is 29.4 Å². The lowest BCUT2D eigenvalue weighted by atomic mass is 9.82. The molecule has 3 aromatic rings. The molecular weight excluding hydrogens is 684 g/mol. The first kappa shape index (κ1) is 38.8. The molecule has 3 aromatic carbocycles. The Balaban J connectivity index is 1.23. The summed E-state index contributed by atoms with van der Waals surface area (Å²) in [5, 5.41) is 34.6. The van der Waals surface area contributed by atoms with Gasteiger partial charge in [0, 0.05) is 55.5 Å². The highest BCUT2D eigenvalue weighted by Crippen LogP contribution is 2.47. The van der Waals surface area contributed by atoms with Crippen molar-refractivity contribution in [1.29, 1.82) is 0 Å². The van der Waals surface area contributed by atoms with Crippen molar-refractivity contribution in [3.8, 4) is 0 Å². The number of carbonyl (C=O) groups excluding carboxylic acids is 4. The molecule has 3 heterocycles. The fraction of sp³-hybridized carbons (Fsp3) is 0.429. The van der Waals surface area contributed by atoms with Crippen molar-refractivity contribution in [2.24, 2.45) is 17.8 Å². The van der Waals surface area contributed by atoms with Crippen LogP contribution < -0.4 is 26.2 Å². The van der Waals surface area contributed by atoms with Gasteiger partial charge in [0.15, 0.2) is 5.60 Å². The van der Waals surface area contributed by atoms with Crippen molar-refractivity contribution in [2.75, 3.05) is 54.9 Å². The van der Waals surface area contributed by atoms with Gasteiger partial charge in [0.05, 0.1) is 30.7 Å². The van der Waals surface area contributed by atoms with Crippen molar-refractivity contribution in [3.63, 3.8) is 0 Å². The van der Waals surface area contributed by atoms with Gasteiger partial charge in [0.2, 0.25) is 17.7 Å². The molecule has 6 N–H and O–H groups in total. The molecule has 2 unspecified atom stereocenters. The molecule has 0 saturated carbocycles. The van der Waals surface area contributed by atoms with Crippen LogP contribution in [0, 0.1) is 17.8 Å². The van der Waals surface area contributed by atoms with E-state index in [2.05, 4.69) is 21.3 Å². The Morgan fingerprint density at radius 2 is 1.56 bits per heavy atom. The second-order valence-corrected chi connectivity index (χ2v) is 14.6. The van der Waals surface area contributed by atoms with Crippen LogP contribution in [-0.2, 0) is 37.9 Å². The van der Waals surface area contributed by atoms with Crippen LogP contribution in [-0.4, -0.2) is 78.1 Å². The summed E-state index contributed by atoms with van der Waals surface area (Å²) in [5.41, 5.74) is 1.67. The molecule has 0 aromatic heterocycles. The van der Waals surface area contributed by atoms with Crippen LogP contribution in [0.3, 0.4) is 0 Å². The van der Waals surface area contributed by atoms with Crippen LogP contribution >= 0.6 is 0 Å². The molecule has 4 atom stereocenters. The number of aliphatic hydroxyl groups excluding tert-OH is 1. The third-order valence-electron chi connectivity index (χ3n) is 10.7. The summed E-state index contributed by atoms with van der Waals surface area (Å²) in [4.78, 5) is 57.0. The number of hydrogen-bond acceptors (Lipinski definition) is 8. The molecule has 12 heteroatoms. The van der Waals surface area contributed by atoms with Gasteiger partial charge in [-0.15, -0.1) is 0 Å². The van der Waals surface area contributed by atoms with Crippen LogP contribution in [0.5, 0.6) is 0 Å². The quantitative estimate of drug-likeness (QED) is 0.136. The van der Waals surface area contributed by atoms with Gasteiger partial charge in [-0.25, -0.2) is 0 Å². The van der Waals surface area contributed by atoms with E-state index in [0.29, 0.717) is 42.3 Å². The number of carbonyl (C=O) groups is 4. The molecule has 12 nitrogen and oxygen atoms in total. The average Bonchev–Trinajstić information content (AvgIpc) is 3.40. The van der Waals surface area contributed by atoms with E-state index in [0.717, 1.165) is 49.9 Å². The monoisotopic (exact) mass is 736 g/mol.